The molecule has 38 heavy (non-hydrogen) atoms. The van der Waals surface area contributed by atoms with Crippen LogP contribution in [0, 0.1) is 5.92 Å². The van der Waals surface area contributed by atoms with Gasteiger partial charge in [0.25, 0.3) is 0 Å². The topological polar surface area (TPSA) is 120 Å². The van der Waals surface area contributed by atoms with Crippen LogP contribution in [0.15, 0.2) is 63.9 Å². The van der Waals surface area contributed by atoms with Crippen molar-refractivity contribution >= 4 is 16.9 Å². The van der Waals surface area contributed by atoms with Crippen LogP contribution in [0.3, 0.4) is 0 Å². The maximum atomic E-state index is 12.5. The lowest BCUT2D eigenvalue weighted by molar-refractivity contribution is -0.0592. The van der Waals surface area contributed by atoms with Gasteiger partial charge >= 0.3 is 11.7 Å². The van der Waals surface area contributed by atoms with Crippen molar-refractivity contribution in [3.05, 3.63) is 87.8 Å². The normalized spacial score (nSPS) is 24.5. The largest absolute Gasteiger partial charge is 0.477 e. The average molecular weight is 518 g/mol. The highest BCUT2D eigenvalue weighted by Crippen LogP contribution is 2.56. The number of nitrogens with zero attached hydrogens (tertiary/aromatic N) is 2. The Morgan fingerprint density at radius 2 is 2.00 bits per heavy atom. The molecule has 4 aromatic rings. The van der Waals surface area contributed by atoms with Crippen molar-refractivity contribution in [3.8, 4) is 0 Å². The highest BCUT2D eigenvalue weighted by atomic mass is 16.5. The van der Waals surface area contributed by atoms with E-state index in [1.165, 1.54) is 5.56 Å². The minimum atomic E-state index is -1.05. The average Bonchev–Trinajstić information content (AvgIpc) is 3.22. The molecular formula is C29H31N3O6. The summed E-state index contributed by atoms with van der Waals surface area (Å²) < 4.78 is 18.6. The quantitative estimate of drug-likeness (QED) is 0.349. The van der Waals surface area contributed by atoms with Gasteiger partial charge in [-0.1, -0.05) is 41.6 Å². The van der Waals surface area contributed by atoms with E-state index >= 15 is 0 Å². The van der Waals surface area contributed by atoms with Crippen LogP contribution in [0.2, 0.25) is 0 Å². The highest BCUT2D eigenvalue weighted by molar-refractivity contribution is 5.95. The first kappa shape index (κ1) is 24.6. The molecule has 0 radical (unpaired) electrons. The van der Waals surface area contributed by atoms with E-state index in [4.69, 9.17) is 14.0 Å². The summed E-state index contributed by atoms with van der Waals surface area (Å²) in [6.45, 7) is 5.71. The number of aromatic nitrogens is 3. The monoisotopic (exact) mass is 517 g/mol. The predicted octanol–water partition coefficient (Wildman–Crippen LogP) is 4.67. The number of aromatic amines is 1. The standard InChI is InChI=1S/C29H31N3O6/c1-28(2)14-20(10-11-37-28)19-8-9-23-21(12-19)13-24(25(33)34)32(23)29(26-30-27(35)38-31-26)15-22(29)17-36-16-18-6-4-3-5-7-18/h3-9,12-13,20,22H,10-11,14-17H2,1-2H3,(H,33,34)(H,30,31,35)/t20-,22+,29-/m0/s1. The molecule has 9 heteroatoms. The second-order valence-corrected chi connectivity index (χ2v) is 11.1. The van der Waals surface area contributed by atoms with Gasteiger partial charge < -0.3 is 19.1 Å². The molecule has 2 aromatic heterocycles. The number of aromatic carboxylic acids is 1. The van der Waals surface area contributed by atoms with E-state index in [2.05, 4.69) is 36.1 Å². The number of nitrogens with one attached hydrogen (secondary N) is 1. The molecule has 1 aliphatic heterocycles. The summed E-state index contributed by atoms with van der Waals surface area (Å²) in [5, 5.41) is 15.1. The molecule has 2 fully saturated rings. The van der Waals surface area contributed by atoms with Gasteiger partial charge in [0.1, 0.15) is 11.2 Å². The number of rotatable bonds is 8. The van der Waals surface area contributed by atoms with Crippen molar-refractivity contribution in [1.29, 1.82) is 0 Å². The van der Waals surface area contributed by atoms with E-state index in [1.54, 1.807) is 10.6 Å². The number of fused-ring (bicyclic) bond motifs is 1. The summed E-state index contributed by atoms with van der Waals surface area (Å²) in [7, 11) is 0. The lowest BCUT2D eigenvalue weighted by Crippen LogP contribution is -2.33. The Labute approximate surface area is 219 Å². The predicted molar refractivity (Wildman–Crippen MR) is 139 cm³/mol. The summed E-state index contributed by atoms with van der Waals surface area (Å²) in [4.78, 5) is 27.1. The van der Waals surface area contributed by atoms with E-state index in [1.807, 2.05) is 36.4 Å². The Morgan fingerprint density at radius 1 is 1.18 bits per heavy atom. The Morgan fingerprint density at radius 3 is 2.71 bits per heavy atom. The molecule has 1 saturated heterocycles. The number of benzene rings is 2. The first-order valence-electron chi connectivity index (χ1n) is 13.0. The van der Waals surface area contributed by atoms with Crippen LogP contribution in [-0.2, 0) is 21.6 Å². The molecule has 2 aliphatic rings. The number of H-pyrrole nitrogens is 1. The van der Waals surface area contributed by atoms with Crippen LogP contribution in [-0.4, -0.2) is 44.6 Å². The lowest BCUT2D eigenvalue weighted by Gasteiger charge is -2.35. The van der Waals surface area contributed by atoms with Crippen LogP contribution in [0.1, 0.15) is 66.5 Å². The summed E-state index contributed by atoms with van der Waals surface area (Å²) in [5.41, 5.74) is 2.05. The van der Waals surface area contributed by atoms with Gasteiger partial charge in [0.05, 0.1) is 18.8 Å². The Balaban J connectivity index is 1.38. The minimum Gasteiger partial charge on any atom is -0.477 e. The molecule has 9 nitrogen and oxygen atoms in total. The fraction of sp³-hybridized carbons (Fsp3) is 0.414. The van der Waals surface area contributed by atoms with Crippen molar-refractivity contribution < 1.29 is 23.9 Å². The van der Waals surface area contributed by atoms with Gasteiger partial charge in [-0.3, -0.25) is 9.51 Å². The van der Waals surface area contributed by atoms with Gasteiger partial charge in [0.2, 0.25) is 0 Å². The Kier molecular flexibility index (Phi) is 6.00. The molecular weight excluding hydrogens is 486 g/mol. The van der Waals surface area contributed by atoms with Crippen molar-refractivity contribution in [2.75, 3.05) is 13.2 Å². The summed E-state index contributed by atoms with van der Waals surface area (Å²) in [5.74, 6) is -1.17. The Hall–Kier alpha value is -3.69. The molecule has 198 valence electrons. The first-order valence-corrected chi connectivity index (χ1v) is 13.0. The van der Waals surface area contributed by atoms with E-state index in [9.17, 15) is 14.7 Å². The van der Waals surface area contributed by atoms with E-state index < -0.39 is 17.3 Å². The van der Waals surface area contributed by atoms with Crippen LogP contribution in [0.5, 0.6) is 0 Å². The van der Waals surface area contributed by atoms with Gasteiger partial charge in [0.15, 0.2) is 5.82 Å². The third kappa shape index (κ3) is 4.35. The van der Waals surface area contributed by atoms with Gasteiger partial charge in [0, 0.05) is 23.4 Å². The zero-order valence-corrected chi connectivity index (χ0v) is 21.5. The molecule has 6 rings (SSSR count). The lowest BCUT2D eigenvalue weighted by atomic mass is 9.83. The molecule has 0 amide bonds. The van der Waals surface area contributed by atoms with Gasteiger partial charge in [-0.2, -0.15) is 0 Å². The number of ether oxygens (including phenoxy) is 2. The molecule has 1 aliphatic carbocycles. The molecule has 0 spiro atoms. The number of carbonyl (C=O) groups is 1. The highest BCUT2D eigenvalue weighted by Gasteiger charge is 2.61. The number of carboxylic acid groups (broad SMARTS) is 1. The molecule has 0 bridgehead atoms. The fourth-order valence-electron chi connectivity index (χ4n) is 6.08. The van der Waals surface area contributed by atoms with Crippen LogP contribution in [0.4, 0.5) is 0 Å². The van der Waals surface area contributed by atoms with Crippen molar-refractivity contribution in [1.82, 2.24) is 14.7 Å². The third-order valence-electron chi connectivity index (χ3n) is 7.97. The van der Waals surface area contributed by atoms with E-state index in [-0.39, 0.29) is 17.2 Å². The smallest absolute Gasteiger partial charge is 0.438 e. The zero-order chi connectivity index (χ0) is 26.5. The summed E-state index contributed by atoms with van der Waals surface area (Å²) in [6, 6.07) is 17.7. The van der Waals surface area contributed by atoms with Gasteiger partial charge in [-0.15, -0.1) is 0 Å². The van der Waals surface area contributed by atoms with Crippen molar-refractivity contribution in [2.24, 2.45) is 5.92 Å². The first-order chi connectivity index (χ1) is 18.3. The molecule has 1 saturated carbocycles. The van der Waals surface area contributed by atoms with Crippen molar-refractivity contribution in [2.45, 2.75) is 56.8 Å². The number of hydrogen-bond acceptors (Lipinski definition) is 6. The summed E-state index contributed by atoms with van der Waals surface area (Å²) >= 11 is 0. The Bertz CT molecular complexity index is 1530. The third-order valence-corrected chi connectivity index (χ3v) is 7.97. The van der Waals surface area contributed by atoms with Crippen LogP contribution >= 0.6 is 0 Å². The van der Waals surface area contributed by atoms with Gasteiger partial charge in [-0.05, 0) is 68.4 Å². The van der Waals surface area contributed by atoms with E-state index in [0.29, 0.717) is 38.0 Å². The van der Waals surface area contributed by atoms with Gasteiger partial charge in [-0.25, -0.2) is 9.59 Å². The van der Waals surface area contributed by atoms with E-state index in [0.717, 1.165) is 29.3 Å². The summed E-state index contributed by atoms with van der Waals surface area (Å²) in [6.07, 6.45) is 2.38. The minimum absolute atomic E-state index is 0.100. The molecule has 3 heterocycles. The van der Waals surface area contributed by atoms with Crippen molar-refractivity contribution in [3.63, 3.8) is 0 Å². The maximum absolute atomic E-state index is 12.5. The molecule has 0 unspecified atom stereocenters. The second-order valence-electron chi connectivity index (χ2n) is 11.1. The van der Waals surface area contributed by atoms with Crippen LogP contribution < -0.4 is 5.76 Å². The maximum Gasteiger partial charge on any atom is 0.438 e. The molecule has 2 aromatic carbocycles. The molecule has 2 N–H and O–H groups in total. The zero-order valence-electron chi connectivity index (χ0n) is 21.5. The number of hydrogen-bond donors (Lipinski definition) is 2. The molecule has 3 atom stereocenters. The van der Waals surface area contributed by atoms with Crippen LogP contribution in [0.25, 0.3) is 10.9 Å². The fourth-order valence-corrected chi connectivity index (χ4v) is 6.08. The SMILES string of the molecule is CC1(C)C[C@@H](c2ccc3c(c2)cc(C(=O)O)n3[C@@]2(c3noc(=O)[nH]3)C[C@@H]2COCc2ccccc2)CCO1. The number of carboxylic acids is 1. The second kappa shape index (κ2) is 9.25.